The third-order valence-corrected chi connectivity index (χ3v) is 5.21. The quantitative estimate of drug-likeness (QED) is 0.683. The number of hydrogen-bond acceptors (Lipinski definition) is 3. The number of benzene rings is 3. The highest BCUT2D eigenvalue weighted by Gasteiger charge is 2.29. The van der Waals surface area contributed by atoms with Crippen LogP contribution in [0.1, 0.15) is 22.6 Å². The number of aliphatic hydroxyl groups is 1. The molecule has 0 aromatic heterocycles. The van der Waals surface area contributed by atoms with Crippen LogP contribution in [-0.2, 0) is 11.2 Å². The Kier molecular flexibility index (Phi) is 5.40. The van der Waals surface area contributed by atoms with Crippen molar-refractivity contribution in [3.05, 3.63) is 95.6 Å². The van der Waals surface area contributed by atoms with Crippen LogP contribution < -0.4 is 5.32 Å². The molecule has 1 atom stereocenters. The van der Waals surface area contributed by atoms with Gasteiger partial charge in [-0.15, -0.1) is 0 Å². The predicted molar refractivity (Wildman–Crippen MR) is 109 cm³/mol. The first kappa shape index (κ1) is 18.3. The van der Waals surface area contributed by atoms with Crippen LogP contribution in [-0.4, -0.2) is 30.5 Å². The Morgan fingerprint density at radius 2 is 1.46 bits per heavy atom. The Morgan fingerprint density at radius 3 is 2.07 bits per heavy atom. The maximum Gasteiger partial charge on any atom is 0.407 e. The Bertz CT molecular complexity index is 909. The zero-order valence-electron chi connectivity index (χ0n) is 15.5. The predicted octanol–water partition coefficient (Wildman–Crippen LogP) is 4.13. The van der Waals surface area contributed by atoms with E-state index in [0.29, 0.717) is 6.42 Å². The SMILES string of the molecule is O=C(NC(CO)Cc1ccccc1)OCC1c2ccccc2-c2ccccc21. The molecule has 0 bridgehead atoms. The van der Waals surface area contributed by atoms with Crippen molar-refractivity contribution in [2.24, 2.45) is 0 Å². The normalized spacial score (nSPS) is 13.5. The standard InChI is InChI=1S/C24H23NO3/c26-15-18(14-17-8-2-1-3-9-17)25-24(27)28-16-23-21-12-6-4-10-19(21)20-11-5-7-13-22(20)23/h1-13,18,23,26H,14-16H2,(H,25,27). The van der Waals surface area contributed by atoms with Crippen molar-refractivity contribution in [1.82, 2.24) is 5.32 Å². The molecule has 142 valence electrons. The van der Waals surface area contributed by atoms with Crippen LogP contribution in [0.25, 0.3) is 11.1 Å². The fraction of sp³-hybridized carbons (Fsp3) is 0.208. The third kappa shape index (κ3) is 3.78. The molecule has 1 unspecified atom stereocenters. The summed E-state index contributed by atoms with van der Waals surface area (Å²) in [6, 6.07) is 25.9. The highest BCUT2D eigenvalue weighted by molar-refractivity contribution is 5.79. The number of carbonyl (C=O) groups is 1. The first-order valence-corrected chi connectivity index (χ1v) is 9.52. The van der Waals surface area contributed by atoms with Gasteiger partial charge in [-0.1, -0.05) is 78.9 Å². The van der Waals surface area contributed by atoms with Crippen LogP contribution in [0.5, 0.6) is 0 Å². The molecule has 0 fully saturated rings. The second-order valence-electron chi connectivity index (χ2n) is 7.04. The first-order valence-electron chi connectivity index (χ1n) is 9.52. The van der Waals surface area contributed by atoms with Gasteiger partial charge in [0, 0.05) is 5.92 Å². The molecule has 4 rings (SSSR count). The summed E-state index contributed by atoms with van der Waals surface area (Å²) in [4.78, 5) is 12.3. The van der Waals surface area contributed by atoms with Crippen molar-refractivity contribution in [2.75, 3.05) is 13.2 Å². The molecule has 0 radical (unpaired) electrons. The highest BCUT2D eigenvalue weighted by Crippen LogP contribution is 2.44. The molecule has 0 saturated heterocycles. The lowest BCUT2D eigenvalue weighted by Crippen LogP contribution is -2.39. The minimum absolute atomic E-state index is 0.0276. The van der Waals surface area contributed by atoms with Gasteiger partial charge in [0.2, 0.25) is 0 Å². The fourth-order valence-corrected chi connectivity index (χ4v) is 3.87. The number of carbonyl (C=O) groups excluding carboxylic acids is 1. The molecule has 1 aliphatic rings. The molecule has 4 heteroatoms. The van der Waals surface area contributed by atoms with Gasteiger partial charge in [0.1, 0.15) is 6.61 Å². The number of aliphatic hydroxyl groups excluding tert-OH is 1. The van der Waals surface area contributed by atoms with E-state index in [9.17, 15) is 9.90 Å². The summed E-state index contributed by atoms with van der Waals surface area (Å²) in [6.45, 7) is 0.127. The van der Waals surface area contributed by atoms with E-state index in [1.807, 2.05) is 54.6 Å². The van der Waals surface area contributed by atoms with Crippen molar-refractivity contribution < 1.29 is 14.6 Å². The molecule has 0 saturated carbocycles. The molecule has 0 heterocycles. The summed E-state index contributed by atoms with van der Waals surface area (Å²) in [7, 11) is 0. The lowest BCUT2D eigenvalue weighted by molar-refractivity contribution is 0.132. The van der Waals surface area contributed by atoms with E-state index in [1.54, 1.807) is 0 Å². The smallest absolute Gasteiger partial charge is 0.407 e. The van der Waals surface area contributed by atoms with E-state index < -0.39 is 6.09 Å². The summed E-state index contributed by atoms with van der Waals surface area (Å²) in [5.74, 6) is 0.0276. The number of ether oxygens (including phenoxy) is 1. The topological polar surface area (TPSA) is 58.6 Å². The Hall–Kier alpha value is -3.11. The van der Waals surface area contributed by atoms with Gasteiger partial charge in [-0.2, -0.15) is 0 Å². The van der Waals surface area contributed by atoms with Crippen LogP contribution in [0.2, 0.25) is 0 Å². The fourth-order valence-electron chi connectivity index (χ4n) is 3.87. The largest absolute Gasteiger partial charge is 0.449 e. The van der Waals surface area contributed by atoms with Crippen LogP contribution in [0, 0.1) is 0 Å². The van der Waals surface area contributed by atoms with Crippen LogP contribution >= 0.6 is 0 Å². The maximum absolute atomic E-state index is 12.3. The number of nitrogens with one attached hydrogen (secondary N) is 1. The molecule has 3 aromatic rings. The van der Waals surface area contributed by atoms with Gasteiger partial charge in [-0.25, -0.2) is 4.79 Å². The zero-order chi connectivity index (χ0) is 19.3. The zero-order valence-corrected chi connectivity index (χ0v) is 15.5. The molecular formula is C24H23NO3. The summed E-state index contributed by atoms with van der Waals surface area (Å²) in [5.41, 5.74) is 5.81. The number of hydrogen-bond donors (Lipinski definition) is 2. The van der Waals surface area contributed by atoms with Gasteiger partial charge < -0.3 is 15.2 Å². The van der Waals surface area contributed by atoms with Crippen LogP contribution in [0.15, 0.2) is 78.9 Å². The lowest BCUT2D eigenvalue weighted by atomic mass is 9.98. The Labute approximate surface area is 164 Å². The molecular weight excluding hydrogens is 350 g/mol. The van der Waals surface area contributed by atoms with Gasteiger partial charge in [0.15, 0.2) is 0 Å². The summed E-state index contributed by atoms with van der Waals surface area (Å²) >= 11 is 0. The first-order chi connectivity index (χ1) is 13.8. The number of amides is 1. The number of rotatable bonds is 6. The van der Waals surface area contributed by atoms with Gasteiger partial charge in [-0.05, 0) is 34.2 Å². The Morgan fingerprint density at radius 1 is 0.893 bits per heavy atom. The van der Waals surface area contributed by atoms with E-state index >= 15 is 0 Å². The van der Waals surface area contributed by atoms with E-state index in [2.05, 4.69) is 29.6 Å². The number of alkyl carbamates (subject to hydrolysis) is 1. The van der Waals surface area contributed by atoms with Crippen molar-refractivity contribution >= 4 is 6.09 Å². The molecule has 1 aliphatic carbocycles. The number of fused-ring (bicyclic) bond motifs is 3. The molecule has 28 heavy (non-hydrogen) atoms. The lowest BCUT2D eigenvalue weighted by Gasteiger charge is -2.18. The molecule has 0 aliphatic heterocycles. The van der Waals surface area contributed by atoms with Gasteiger partial charge in [0.25, 0.3) is 0 Å². The summed E-state index contributed by atoms with van der Waals surface area (Å²) in [6.07, 6.45) is 0.0542. The van der Waals surface area contributed by atoms with Gasteiger partial charge in [-0.3, -0.25) is 0 Å². The van der Waals surface area contributed by atoms with Crippen molar-refractivity contribution in [2.45, 2.75) is 18.4 Å². The van der Waals surface area contributed by atoms with Gasteiger partial charge in [0.05, 0.1) is 12.6 Å². The third-order valence-electron chi connectivity index (χ3n) is 5.21. The Balaban J connectivity index is 1.41. The molecule has 3 aromatic carbocycles. The maximum atomic E-state index is 12.3. The molecule has 1 amide bonds. The van der Waals surface area contributed by atoms with E-state index in [0.717, 1.165) is 5.56 Å². The molecule has 2 N–H and O–H groups in total. The highest BCUT2D eigenvalue weighted by atomic mass is 16.5. The van der Waals surface area contributed by atoms with Gasteiger partial charge >= 0.3 is 6.09 Å². The van der Waals surface area contributed by atoms with Crippen molar-refractivity contribution in [3.8, 4) is 11.1 Å². The average molecular weight is 373 g/mol. The second kappa shape index (κ2) is 8.28. The molecule has 0 spiro atoms. The van der Waals surface area contributed by atoms with E-state index in [-0.39, 0.29) is 25.2 Å². The second-order valence-corrected chi connectivity index (χ2v) is 7.04. The minimum Gasteiger partial charge on any atom is -0.449 e. The van der Waals surface area contributed by atoms with E-state index in [1.165, 1.54) is 22.3 Å². The van der Waals surface area contributed by atoms with Crippen molar-refractivity contribution in [3.63, 3.8) is 0 Å². The van der Waals surface area contributed by atoms with Crippen LogP contribution in [0.3, 0.4) is 0 Å². The molecule has 4 nitrogen and oxygen atoms in total. The van der Waals surface area contributed by atoms with Crippen molar-refractivity contribution in [1.29, 1.82) is 0 Å². The monoisotopic (exact) mass is 373 g/mol. The average Bonchev–Trinajstić information content (AvgIpc) is 3.06. The van der Waals surface area contributed by atoms with Crippen LogP contribution in [0.4, 0.5) is 4.79 Å². The summed E-state index contributed by atoms with van der Waals surface area (Å²) < 4.78 is 5.55. The minimum atomic E-state index is -0.503. The summed E-state index contributed by atoms with van der Waals surface area (Å²) in [5, 5.41) is 12.4. The van der Waals surface area contributed by atoms with E-state index in [4.69, 9.17) is 4.74 Å².